The lowest BCUT2D eigenvalue weighted by molar-refractivity contribution is -0.119. The standard InChI is InChI=1S/C21H27F3O2/c1-2-20(25)26-17-9-7-14(8-10-17)13-3-5-15(6-4-13)16-11-18(22)21(24)19(23)12-16/h2,11-15,17,20,25H,1,3-10H2. The predicted molar refractivity (Wildman–Crippen MR) is 94.0 cm³/mol. The molecule has 144 valence electrons. The first-order chi connectivity index (χ1) is 12.5. The summed E-state index contributed by atoms with van der Waals surface area (Å²) in [6.45, 7) is 3.52. The first-order valence-electron chi connectivity index (χ1n) is 9.58. The second-order valence-electron chi connectivity index (χ2n) is 7.71. The summed E-state index contributed by atoms with van der Waals surface area (Å²) in [5.74, 6) is -2.18. The number of rotatable bonds is 5. The molecule has 0 bridgehead atoms. The molecule has 0 aliphatic heterocycles. The van der Waals surface area contributed by atoms with Crippen molar-refractivity contribution in [3.63, 3.8) is 0 Å². The van der Waals surface area contributed by atoms with E-state index >= 15 is 0 Å². The van der Waals surface area contributed by atoms with Crippen molar-refractivity contribution in [2.24, 2.45) is 11.8 Å². The van der Waals surface area contributed by atoms with E-state index in [0.717, 1.165) is 63.5 Å². The average Bonchev–Trinajstić information content (AvgIpc) is 2.66. The number of hydrogen-bond acceptors (Lipinski definition) is 2. The lowest BCUT2D eigenvalue weighted by atomic mass is 9.69. The van der Waals surface area contributed by atoms with E-state index in [1.54, 1.807) is 0 Å². The molecule has 1 atom stereocenters. The van der Waals surface area contributed by atoms with Gasteiger partial charge in [0.25, 0.3) is 0 Å². The van der Waals surface area contributed by atoms with Gasteiger partial charge in [0.05, 0.1) is 6.10 Å². The maximum Gasteiger partial charge on any atom is 0.194 e. The summed E-state index contributed by atoms with van der Waals surface area (Å²) in [4.78, 5) is 0. The van der Waals surface area contributed by atoms with Crippen molar-refractivity contribution in [1.29, 1.82) is 0 Å². The van der Waals surface area contributed by atoms with E-state index in [4.69, 9.17) is 4.74 Å². The zero-order chi connectivity index (χ0) is 18.7. The minimum absolute atomic E-state index is 0.0979. The van der Waals surface area contributed by atoms with E-state index < -0.39 is 23.7 Å². The van der Waals surface area contributed by atoms with Gasteiger partial charge in [-0.15, -0.1) is 0 Å². The van der Waals surface area contributed by atoms with E-state index in [1.807, 2.05) is 0 Å². The average molecular weight is 368 g/mol. The van der Waals surface area contributed by atoms with Crippen LogP contribution in [0, 0.1) is 29.3 Å². The van der Waals surface area contributed by atoms with Crippen molar-refractivity contribution in [1.82, 2.24) is 0 Å². The van der Waals surface area contributed by atoms with Gasteiger partial charge in [-0.1, -0.05) is 6.58 Å². The molecule has 5 heteroatoms. The van der Waals surface area contributed by atoms with Crippen molar-refractivity contribution < 1.29 is 23.0 Å². The van der Waals surface area contributed by atoms with Gasteiger partial charge in [-0.25, -0.2) is 13.2 Å². The minimum Gasteiger partial charge on any atom is -0.365 e. The van der Waals surface area contributed by atoms with Gasteiger partial charge in [0.2, 0.25) is 0 Å². The van der Waals surface area contributed by atoms with Crippen molar-refractivity contribution in [3.05, 3.63) is 47.8 Å². The molecule has 1 N–H and O–H groups in total. The van der Waals surface area contributed by atoms with Gasteiger partial charge in [0.1, 0.15) is 0 Å². The molecular weight excluding hydrogens is 341 g/mol. The summed E-state index contributed by atoms with van der Waals surface area (Å²) >= 11 is 0. The van der Waals surface area contributed by atoms with Crippen molar-refractivity contribution in [3.8, 4) is 0 Å². The first kappa shape index (κ1) is 19.4. The number of benzene rings is 1. The van der Waals surface area contributed by atoms with Gasteiger partial charge in [-0.05, 0) is 92.9 Å². The Labute approximate surface area is 153 Å². The van der Waals surface area contributed by atoms with Gasteiger partial charge in [0.15, 0.2) is 23.7 Å². The number of halogens is 3. The molecule has 1 unspecified atom stereocenters. The number of hydrogen-bond donors (Lipinski definition) is 1. The molecule has 1 aromatic rings. The third kappa shape index (κ3) is 4.49. The second kappa shape index (κ2) is 8.57. The van der Waals surface area contributed by atoms with Gasteiger partial charge in [-0.3, -0.25) is 0 Å². The molecular formula is C21H27F3O2. The highest BCUT2D eigenvalue weighted by Crippen LogP contribution is 2.43. The zero-order valence-corrected chi connectivity index (χ0v) is 15.0. The van der Waals surface area contributed by atoms with Gasteiger partial charge in [0, 0.05) is 0 Å². The van der Waals surface area contributed by atoms with E-state index in [0.29, 0.717) is 17.4 Å². The van der Waals surface area contributed by atoms with Crippen LogP contribution >= 0.6 is 0 Å². The summed E-state index contributed by atoms with van der Waals surface area (Å²) < 4.78 is 45.6. The largest absolute Gasteiger partial charge is 0.365 e. The maximum absolute atomic E-state index is 13.5. The quantitative estimate of drug-likeness (QED) is 0.425. The fourth-order valence-corrected chi connectivity index (χ4v) is 4.68. The summed E-state index contributed by atoms with van der Waals surface area (Å²) in [7, 11) is 0. The van der Waals surface area contributed by atoms with E-state index in [9.17, 15) is 18.3 Å². The Morgan fingerprint density at radius 2 is 1.42 bits per heavy atom. The topological polar surface area (TPSA) is 29.5 Å². The number of aliphatic hydroxyl groups excluding tert-OH is 1. The van der Waals surface area contributed by atoms with Gasteiger partial charge < -0.3 is 9.84 Å². The number of aliphatic hydroxyl groups is 1. The highest BCUT2D eigenvalue weighted by atomic mass is 19.2. The van der Waals surface area contributed by atoms with Crippen molar-refractivity contribution in [2.45, 2.75) is 69.7 Å². The van der Waals surface area contributed by atoms with Crippen LogP contribution < -0.4 is 0 Å². The number of ether oxygens (including phenoxy) is 1. The lowest BCUT2D eigenvalue weighted by Gasteiger charge is -2.38. The summed E-state index contributed by atoms with van der Waals surface area (Å²) in [6, 6.07) is 2.30. The first-order valence-corrected chi connectivity index (χ1v) is 9.58. The molecule has 0 amide bonds. The van der Waals surface area contributed by atoms with Crippen LogP contribution in [0.15, 0.2) is 24.8 Å². The van der Waals surface area contributed by atoms with Crippen LogP contribution in [0.25, 0.3) is 0 Å². The molecule has 3 rings (SSSR count). The highest BCUT2D eigenvalue weighted by molar-refractivity contribution is 5.23. The third-order valence-electron chi connectivity index (χ3n) is 6.17. The van der Waals surface area contributed by atoms with Crippen LogP contribution in [0.1, 0.15) is 62.8 Å². The van der Waals surface area contributed by atoms with E-state index in [2.05, 4.69) is 6.58 Å². The normalized spacial score (nSPS) is 30.8. The van der Waals surface area contributed by atoms with Crippen LogP contribution in [0.5, 0.6) is 0 Å². The lowest BCUT2D eigenvalue weighted by Crippen LogP contribution is -2.30. The smallest absolute Gasteiger partial charge is 0.194 e. The molecule has 0 saturated heterocycles. The molecule has 2 nitrogen and oxygen atoms in total. The Balaban J connectivity index is 1.49. The van der Waals surface area contributed by atoms with E-state index in [-0.39, 0.29) is 12.0 Å². The molecule has 1 aromatic carbocycles. The highest BCUT2D eigenvalue weighted by Gasteiger charge is 2.32. The summed E-state index contributed by atoms with van der Waals surface area (Å²) in [6.07, 6.45) is 8.54. The molecule has 0 radical (unpaired) electrons. The Hall–Kier alpha value is -1.33. The fraction of sp³-hybridized carbons (Fsp3) is 0.619. The maximum atomic E-state index is 13.5. The second-order valence-corrected chi connectivity index (χ2v) is 7.71. The SMILES string of the molecule is C=CC(O)OC1CCC(C2CCC(c3cc(F)c(F)c(F)c3)CC2)CC1. The van der Waals surface area contributed by atoms with Crippen molar-refractivity contribution in [2.75, 3.05) is 0 Å². The van der Waals surface area contributed by atoms with Crippen molar-refractivity contribution >= 4 is 0 Å². The molecule has 2 fully saturated rings. The summed E-state index contributed by atoms with van der Waals surface area (Å²) in [5.41, 5.74) is 0.579. The van der Waals surface area contributed by atoms with Crippen LogP contribution in [0.4, 0.5) is 13.2 Å². The Kier molecular flexibility index (Phi) is 6.41. The zero-order valence-electron chi connectivity index (χ0n) is 15.0. The molecule has 0 heterocycles. The molecule has 26 heavy (non-hydrogen) atoms. The predicted octanol–water partition coefficient (Wildman–Crippen LogP) is 5.46. The Morgan fingerprint density at radius 1 is 0.923 bits per heavy atom. The molecule has 2 saturated carbocycles. The summed E-state index contributed by atoms with van der Waals surface area (Å²) in [5, 5.41) is 9.50. The van der Waals surface area contributed by atoms with Gasteiger partial charge >= 0.3 is 0 Å². The molecule has 2 aliphatic rings. The molecule has 2 aliphatic carbocycles. The molecule has 0 spiro atoms. The van der Waals surface area contributed by atoms with Crippen LogP contribution in [0.2, 0.25) is 0 Å². The van der Waals surface area contributed by atoms with Gasteiger partial charge in [-0.2, -0.15) is 0 Å². The van der Waals surface area contributed by atoms with Crippen LogP contribution in [-0.2, 0) is 4.74 Å². The third-order valence-corrected chi connectivity index (χ3v) is 6.17. The van der Waals surface area contributed by atoms with Crippen LogP contribution in [0.3, 0.4) is 0 Å². The monoisotopic (exact) mass is 368 g/mol. The fourth-order valence-electron chi connectivity index (χ4n) is 4.68. The van der Waals surface area contributed by atoms with E-state index in [1.165, 1.54) is 6.08 Å². The Morgan fingerprint density at radius 3 is 1.92 bits per heavy atom. The minimum atomic E-state index is -1.39. The Bertz CT molecular complexity index is 595. The van der Waals surface area contributed by atoms with Crippen LogP contribution in [-0.4, -0.2) is 17.5 Å². The molecule has 0 aromatic heterocycles.